The van der Waals surface area contributed by atoms with Crippen LogP contribution >= 0.6 is 0 Å². The molecule has 5 heteroatoms. The van der Waals surface area contributed by atoms with Crippen LogP contribution in [0.3, 0.4) is 0 Å². The fourth-order valence-electron chi connectivity index (χ4n) is 2.59. The predicted molar refractivity (Wildman–Crippen MR) is 68.9 cm³/mol. The second kappa shape index (κ2) is 6.10. The number of carboxylic acids is 1. The maximum atomic E-state index is 14.0. The first-order valence-corrected chi connectivity index (χ1v) is 6.28. The van der Waals surface area contributed by atoms with Crippen LogP contribution in [0.15, 0.2) is 18.2 Å². The summed E-state index contributed by atoms with van der Waals surface area (Å²) in [5.74, 6) is -2.51. The zero-order chi connectivity index (χ0) is 14.6. The molecule has 0 aromatic heterocycles. The number of nitrogens with zero attached hydrogens (tertiary/aromatic N) is 1. The zero-order valence-corrected chi connectivity index (χ0v) is 11.4. The molecule has 0 aliphatic carbocycles. The summed E-state index contributed by atoms with van der Waals surface area (Å²) in [7, 11) is 0. The van der Waals surface area contributed by atoms with Crippen molar-refractivity contribution in [2.24, 2.45) is 0 Å². The molecule has 19 heavy (non-hydrogen) atoms. The van der Waals surface area contributed by atoms with Gasteiger partial charge < -0.3 is 5.11 Å². The third-order valence-corrected chi connectivity index (χ3v) is 3.46. The minimum absolute atomic E-state index is 0.180. The fourth-order valence-corrected chi connectivity index (χ4v) is 2.59. The summed E-state index contributed by atoms with van der Waals surface area (Å²) in [4.78, 5) is 12.8. The largest absolute Gasteiger partial charge is 0.481 e. The monoisotopic (exact) mass is 271 g/mol. The number of carboxylic acid groups (broad SMARTS) is 1. The third-order valence-electron chi connectivity index (χ3n) is 3.46. The fraction of sp³-hybridized carbons (Fsp3) is 0.500. The molecule has 1 aromatic rings. The lowest BCUT2D eigenvalue weighted by atomic mass is 9.85. The van der Waals surface area contributed by atoms with E-state index in [1.165, 1.54) is 6.07 Å². The van der Waals surface area contributed by atoms with Gasteiger partial charge in [0.25, 0.3) is 0 Å². The number of benzene rings is 1. The Hall–Kier alpha value is -1.49. The van der Waals surface area contributed by atoms with E-state index in [2.05, 4.69) is 0 Å². The molecule has 0 aliphatic heterocycles. The molecule has 0 saturated carbocycles. The van der Waals surface area contributed by atoms with E-state index in [4.69, 9.17) is 5.11 Å². The highest BCUT2D eigenvalue weighted by Crippen LogP contribution is 2.35. The van der Waals surface area contributed by atoms with Crippen molar-refractivity contribution in [2.45, 2.75) is 32.7 Å². The van der Waals surface area contributed by atoms with Crippen molar-refractivity contribution in [1.82, 2.24) is 4.90 Å². The van der Waals surface area contributed by atoms with Gasteiger partial charge in [0.1, 0.15) is 11.6 Å². The minimum atomic E-state index is -1.20. The average molecular weight is 271 g/mol. The third kappa shape index (κ3) is 3.10. The van der Waals surface area contributed by atoms with Gasteiger partial charge in [0.05, 0.1) is 12.0 Å². The summed E-state index contributed by atoms with van der Waals surface area (Å²) in [5, 5.41) is 9.06. The Balaban J connectivity index is 3.42. The van der Waals surface area contributed by atoms with Crippen LogP contribution in [-0.4, -0.2) is 29.1 Å². The quantitative estimate of drug-likeness (QED) is 0.864. The molecule has 0 aliphatic rings. The van der Waals surface area contributed by atoms with Crippen molar-refractivity contribution in [2.75, 3.05) is 13.1 Å². The molecule has 0 heterocycles. The molecule has 0 bridgehead atoms. The molecule has 0 saturated heterocycles. The summed E-state index contributed by atoms with van der Waals surface area (Å²) in [6.07, 6.45) is -0.355. The number of hydrogen-bond donors (Lipinski definition) is 1. The van der Waals surface area contributed by atoms with Gasteiger partial charge in [0, 0.05) is 5.56 Å². The smallest absolute Gasteiger partial charge is 0.305 e. The molecular weight excluding hydrogens is 252 g/mol. The van der Waals surface area contributed by atoms with Crippen molar-refractivity contribution in [1.29, 1.82) is 0 Å². The van der Waals surface area contributed by atoms with Crippen LogP contribution in [0.4, 0.5) is 8.78 Å². The van der Waals surface area contributed by atoms with E-state index >= 15 is 0 Å². The topological polar surface area (TPSA) is 40.5 Å². The van der Waals surface area contributed by atoms with E-state index in [1.54, 1.807) is 11.8 Å². The van der Waals surface area contributed by atoms with E-state index in [1.807, 2.05) is 13.8 Å². The maximum absolute atomic E-state index is 14.0. The number of halogens is 2. The summed E-state index contributed by atoms with van der Waals surface area (Å²) in [5.41, 5.74) is -1.38. The van der Waals surface area contributed by atoms with Gasteiger partial charge in [0.2, 0.25) is 0 Å². The van der Waals surface area contributed by atoms with Gasteiger partial charge in [-0.05, 0) is 32.1 Å². The molecule has 0 amide bonds. The molecule has 1 unspecified atom stereocenters. The van der Waals surface area contributed by atoms with Gasteiger partial charge in [-0.2, -0.15) is 0 Å². The maximum Gasteiger partial charge on any atom is 0.305 e. The van der Waals surface area contributed by atoms with E-state index in [0.717, 1.165) is 12.1 Å². The Morgan fingerprint density at radius 3 is 2.11 bits per heavy atom. The first kappa shape index (κ1) is 15.6. The Kier molecular flexibility index (Phi) is 5.00. The Labute approximate surface area is 111 Å². The Morgan fingerprint density at radius 1 is 1.26 bits per heavy atom. The minimum Gasteiger partial charge on any atom is -0.481 e. The Morgan fingerprint density at radius 2 is 1.74 bits per heavy atom. The van der Waals surface area contributed by atoms with Crippen LogP contribution in [0.1, 0.15) is 32.8 Å². The van der Waals surface area contributed by atoms with Gasteiger partial charge in [-0.25, -0.2) is 8.78 Å². The summed E-state index contributed by atoms with van der Waals surface area (Å²) in [6.45, 7) is 6.25. The van der Waals surface area contributed by atoms with Gasteiger partial charge in [-0.1, -0.05) is 19.9 Å². The number of aliphatic carboxylic acids is 1. The van der Waals surface area contributed by atoms with Crippen LogP contribution in [0.25, 0.3) is 0 Å². The molecule has 0 radical (unpaired) electrons. The molecular formula is C14H19F2NO2. The van der Waals surface area contributed by atoms with E-state index in [9.17, 15) is 13.6 Å². The van der Waals surface area contributed by atoms with E-state index in [-0.39, 0.29) is 12.0 Å². The summed E-state index contributed by atoms with van der Waals surface area (Å²) < 4.78 is 27.9. The standard InChI is InChI=1S/C14H19F2NO2/c1-4-17(5-2)14(3,9-12(18)19)13-10(15)7-6-8-11(13)16/h6-8H,4-5,9H2,1-3H3,(H,18,19). The summed E-state index contributed by atoms with van der Waals surface area (Å²) >= 11 is 0. The SMILES string of the molecule is CCN(CC)C(C)(CC(=O)O)c1c(F)cccc1F. The lowest BCUT2D eigenvalue weighted by molar-refractivity contribution is -0.140. The van der Waals surface area contributed by atoms with Crippen molar-refractivity contribution in [3.05, 3.63) is 35.4 Å². The number of rotatable bonds is 6. The van der Waals surface area contributed by atoms with Crippen molar-refractivity contribution < 1.29 is 18.7 Å². The van der Waals surface area contributed by atoms with Gasteiger partial charge >= 0.3 is 5.97 Å². The highest BCUT2D eigenvalue weighted by Gasteiger charge is 2.39. The summed E-state index contributed by atoms with van der Waals surface area (Å²) in [6, 6.07) is 3.58. The van der Waals surface area contributed by atoms with Crippen molar-refractivity contribution in [3.63, 3.8) is 0 Å². The molecule has 0 fully saturated rings. The highest BCUT2D eigenvalue weighted by atomic mass is 19.1. The Bertz CT molecular complexity index is 441. The lowest BCUT2D eigenvalue weighted by Crippen LogP contribution is -2.46. The van der Waals surface area contributed by atoms with E-state index < -0.39 is 23.1 Å². The number of carbonyl (C=O) groups is 1. The molecule has 3 nitrogen and oxygen atoms in total. The molecule has 1 atom stereocenters. The van der Waals surface area contributed by atoms with Crippen molar-refractivity contribution in [3.8, 4) is 0 Å². The second-order valence-electron chi connectivity index (χ2n) is 4.61. The van der Waals surface area contributed by atoms with Crippen molar-refractivity contribution >= 4 is 5.97 Å². The van der Waals surface area contributed by atoms with Crippen LogP contribution in [0.5, 0.6) is 0 Å². The van der Waals surface area contributed by atoms with Crippen LogP contribution < -0.4 is 0 Å². The zero-order valence-electron chi connectivity index (χ0n) is 11.4. The molecule has 1 aromatic carbocycles. The first-order chi connectivity index (χ1) is 8.86. The first-order valence-electron chi connectivity index (χ1n) is 6.28. The molecule has 0 spiro atoms. The van der Waals surface area contributed by atoms with E-state index in [0.29, 0.717) is 13.1 Å². The van der Waals surface area contributed by atoms with Gasteiger partial charge in [-0.3, -0.25) is 9.69 Å². The molecule has 106 valence electrons. The average Bonchev–Trinajstić information content (AvgIpc) is 2.28. The van der Waals surface area contributed by atoms with Gasteiger partial charge in [0.15, 0.2) is 0 Å². The predicted octanol–water partition coefficient (Wildman–Crippen LogP) is 3.00. The highest BCUT2D eigenvalue weighted by molar-refractivity contribution is 5.69. The van der Waals surface area contributed by atoms with Gasteiger partial charge in [-0.15, -0.1) is 0 Å². The van der Waals surface area contributed by atoms with Crippen LogP contribution in [-0.2, 0) is 10.3 Å². The second-order valence-corrected chi connectivity index (χ2v) is 4.61. The molecule has 1 rings (SSSR count). The molecule has 1 N–H and O–H groups in total. The normalized spacial score (nSPS) is 14.4. The number of hydrogen-bond acceptors (Lipinski definition) is 2. The lowest BCUT2D eigenvalue weighted by Gasteiger charge is -2.40. The van der Waals surface area contributed by atoms with Crippen LogP contribution in [0, 0.1) is 11.6 Å². The van der Waals surface area contributed by atoms with Crippen LogP contribution in [0.2, 0.25) is 0 Å².